The molecule has 0 saturated heterocycles. The summed E-state index contributed by atoms with van der Waals surface area (Å²) < 4.78 is 1.55. The molecule has 0 fully saturated rings. The van der Waals surface area contributed by atoms with Crippen LogP contribution in [0.15, 0.2) is 49.1 Å². The molecule has 0 atom stereocenters. The van der Waals surface area contributed by atoms with Crippen LogP contribution in [0.4, 0.5) is 11.5 Å². The number of nitrogens with one attached hydrogen (secondary N) is 1. The molecule has 7 nitrogen and oxygen atoms in total. The van der Waals surface area contributed by atoms with Crippen LogP contribution in [0.3, 0.4) is 0 Å². The largest absolute Gasteiger partial charge is 0.338 e. The van der Waals surface area contributed by atoms with Gasteiger partial charge in [-0.25, -0.2) is 19.6 Å². The van der Waals surface area contributed by atoms with E-state index in [0.717, 1.165) is 5.69 Å². The molecule has 96 valence electrons. The van der Waals surface area contributed by atoms with Crippen LogP contribution in [0.5, 0.6) is 0 Å². The Morgan fingerprint density at radius 1 is 1.15 bits per heavy atom. The molecule has 0 saturated carbocycles. The smallest absolute Gasteiger partial charge is 0.250 e. The molecule has 1 N–H and O–H groups in total. The average molecular weight is 263 g/mol. The maximum Gasteiger partial charge on any atom is 0.250 e. The van der Waals surface area contributed by atoms with E-state index < -0.39 is 0 Å². The highest BCUT2D eigenvalue weighted by molar-refractivity contribution is 5.54. The summed E-state index contributed by atoms with van der Waals surface area (Å²) in [5.41, 5.74) is 1.09. The number of hydrogen-bond acceptors (Lipinski definition) is 6. The third-order valence-electron chi connectivity index (χ3n) is 2.48. The number of rotatable bonds is 3. The quantitative estimate of drug-likeness (QED) is 0.772. The molecule has 0 bridgehead atoms. The van der Waals surface area contributed by atoms with Gasteiger partial charge in [-0.3, -0.25) is 0 Å². The van der Waals surface area contributed by atoms with Crippen molar-refractivity contribution in [2.45, 2.75) is 0 Å². The van der Waals surface area contributed by atoms with Crippen molar-refractivity contribution in [1.29, 1.82) is 5.26 Å². The minimum absolute atomic E-state index is 0.355. The highest BCUT2D eigenvalue weighted by Crippen LogP contribution is 2.14. The van der Waals surface area contributed by atoms with Crippen LogP contribution in [0, 0.1) is 11.3 Å². The molecule has 0 aliphatic rings. The monoisotopic (exact) mass is 263 g/mol. The Balaban J connectivity index is 1.83. The number of aromatic nitrogens is 5. The minimum Gasteiger partial charge on any atom is -0.338 e. The van der Waals surface area contributed by atoms with Crippen molar-refractivity contribution in [2.24, 2.45) is 0 Å². The van der Waals surface area contributed by atoms with E-state index in [4.69, 9.17) is 5.26 Å². The van der Waals surface area contributed by atoms with Crippen LogP contribution in [0.2, 0.25) is 0 Å². The van der Waals surface area contributed by atoms with Gasteiger partial charge in [-0.05, 0) is 18.2 Å². The molecule has 0 aromatic carbocycles. The van der Waals surface area contributed by atoms with E-state index in [1.165, 1.54) is 0 Å². The van der Waals surface area contributed by atoms with Gasteiger partial charge in [0, 0.05) is 12.4 Å². The molecule has 20 heavy (non-hydrogen) atoms. The summed E-state index contributed by atoms with van der Waals surface area (Å²) in [4.78, 5) is 12.3. The van der Waals surface area contributed by atoms with Gasteiger partial charge in [0.15, 0.2) is 0 Å². The molecule has 0 aliphatic carbocycles. The number of pyridine rings is 1. The van der Waals surface area contributed by atoms with Crippen molar-refractivity contribution in [2.75, 3.05) is 5.32 Å². The van der Waals surface area contributed by atoms with Crippen molar-refractivity contribution >= 4 is 11.5 Å². The topological polar surface area (TPSA) is 92.3 Å². The van der Waals surface area contributed by atoms with E-state index in [1.807, 2.05) is 6.07 Å². The standard InChI is InChI=1S/C13H9N7/c14-7-10-3-1-4-12(18-10)19-11-8-17-20(9-11)13-15-5-2-6-16-13/h1-6,8-9H,(H,18,19). The zero-order chi connectivity index (χ0) is 13.8. The lowest BCUT2D eigenvalue weighted by Crippen LogP contribution is -1.99. The fourth-order valence-corrected chi connectivity index (χ4v) is 1.62. The molecular weight excluding hydrogens is 254 g/mol. The van der Waals surface area contributed by atoms with Crippen LogP contribution >= 0.6 is 0 Å². The Hall–Kier alpha value is -3.27. The molecule has 0 unspecified atom stereocenters. The summed E-state index contributed by atoms with van der Waals surface area (Å²) in [5, 5.41) is 16.0. The normalized spacial score (nSPS) is 9.95. The van der Waals surface area contributed by atoms with E-state index in [9.17, 15) is 0 Å². The van der Waals surface area contributed by atoms with E-state index in [1.54, 1.807) is 53.7 Å². The van der Waals surface area contributed by atoms with E-state index in [2.05, 4.69) is 25.4 Å². The Bertz CT molecular complexity index is 758. The predicted octanol–water partition coefficient (Wildman–Crippen LogP) is 1.67. The van der Waals surface area contributed by atoms with Gasteiger partial charge >= 0.3 is 0 Å². The first-order chi connectivity index (χ1) is 9.85. The molecule has 3 rings (SSSR count). The first-order valence-electron chi connectivity index (χ1n) is 5.81. The van der Waals surface area contributed by atoms with Crippen LogP contribution < -0.4 is 5.32 Å². The molecule has 0 aliphatic heterocycles. The maximum atomic E-state index is 8.81. The van der Waals surface area contributed by atoms with Gasteiger partial charge in [-0.15, -0.1) is 0 Å². The molecule has 0 radical (unpaired) electrons. The number of nitrogens with zero attached hydrogens (tertiary/aromatic N) is 6. The number of anilines is 2. The maximum absolute atomic E-state index is 8.81. The summed E-state index contributed by atoms with van der Waals surface area (Å²) in [5.74, 6) is 1.07. The lowest BCUT2D eigenvalue weighted by Gasteiger charge is -2.01. The zero-order valence-corrected chi connectivity index (χ0v) is 10.3. The molecule has 3 heterocycles. The lowest BCUT2D eigenvalue weighted by molar-refractivity contribution is 0.808. The van der Waals surface area contributed by atoms with Gasteiger partial charge in [0.05, 0.1) is 18.1 Å². The van der Waals surface area contributed by atoms with Crippen molar-refractivity contribution in [1.82, 2.24) is 24.7 Å². The minimum atomic E-state index is 0.355. The Morgan fingerprint density at radius 2 is 2.00 bits per heavy atom. The second-order valence-corrected chi connectivity index (χ2v) is 3.87. The third-order valence-corrected chi connectivity index (χ3v) is 2.48. The average Bonchev–Trinajstić information content (AvgIpc) is 2.97. The Morgan fingerprint density at radius 3 is 2.80 bits per heavy atom. The first-order valence-corrected chi connectivity index (χ1v) is 5.81. The zero-order valence-electron chi connectivity index (χ0n) is 10.3. The SMILES string of the molecule is N#Cc1cccc(Nc2cnn(-c3ncccn3)c2)n1. The predicted molar refractivity (Wildman–Crippen MR) is 71.4 cm³/mol. The second-order valence-electron chi connectivity index (χ2n) is 3.87. The van der Waals surface area contributed by atoms with Gasteiger partial charge in [0.25, 0.3) is 0 Å². The van der Waals surface area contributed by atoms with Crippen LogP contribution in [0.25, 0.3) is 5.95 Å². The Kier molecular flexibility index (Phi) is 3.04. The van der Waals surface area contributed by atoms with Gasteiger partial charge in [0.1, 0.15) is 17.6 Å². The third kappa shape index (κ3) is 2.44. The molecule has 3 aromatic rings. The summed E-state index contributed by atoms with van der Waals surface area (Å²) in [7, 11) is 0. The summed E-state index contributed by atoms with van der Waals surface area (Å²) in [6, 6.07) is 8.91. The number of nitriles is 1. The first kappa shape index (κ1) is 11.8. The summed E-state index contributed by atoms with van der Waals surface area (Å²) in [6.45, 7) is 0. The van der Waals surface area contributed by atoms with Crippen molar-refractivity contribution in [3.05, 3.63) is 54.7 Å². The van der Waals surface area contributed by atoms with Crippen LogP contribution in [0.1, 0.15) is 5.69 Å². The molecular formula is C13H9N7. The van der Waals surface area contributed by atoms with Crippen molar-refractivity contribution in [3.8, 4) is 12.0 Å². The number of hydrogen-bond donors (Lipinski definition) is 1. The Labute approximate surface area is 114 Å². The fraction of sp³-hybridized carbons (Fsp3) is 0. The van der Waals surface area contributed by atoms with Gasteiger partial charge in [-0.1, -0.05) is 6.07 Å². The van der Waals surface area contributed by atoms with Gasteiger partial charge < -0.3 is 5.32 Å². The van der Waals surface area contributed by atoms with Gasteiger partial charge in [0.2, 0.25) is 5.95 Å². The summed E-state index contributed by atoms with van der Waals surface area (Å²) >= 11 is 0. The molecule has 0 amide bonds. The highest BCUT2D eigenvalue weighted by Gasteiger charge is 2.04. The van der Waals surface area contributed by atoms with Crippen LogP contribution in [-0.4, -0.2) is 24.7 Å². The lowest BCUT2D eigenvalue weighted by atomic mass is 10.3. The van der Waals surface area contributed by atoms with Crippen LogP contribution in [-0.2, 0) is 0 Å². The fourth-order valence-electron chi connectivity index (χ4n) is 1.62. The molecule has 0 spiro atoms. The van der Waals surface area contributed by atoms with E-state index >= 15 is 0 Å². The van der Waals surface area contributed by atoms with Gasteiger partial charge in [-0.2, -0.15) is 10.4 Å². The van der Waals surface area contributed by atoms with Crippen molar-refractivity contribution < 1.29 is 0 Å². The molecule has 7 heteroatoms. The van der Waals surface area contributed by atoms with E-state index in [0.29, 0.717) is 17.5 Å². The molecule has 3 aromatic heterocycles. The van der Waals surface area contributed by atoms with Crippen molar-refractivity contribution in [3.63, 3.8) is 0 Å². The summed E-state index contributed by atoms with van der Waals surface area (Å²) in [6.07, 6.45) is 6.68. The van der Waals surface area contributed by atoms with E-state index in [-0.39, 0.29) is 0 Å². The highest BCUT2D eigenvalue weighted by atomic mass is 15.3. The second kappa shape index (κ2) is 5.16.